The van der Waals surface area contributed by atoms with Gasteiger partial charge in [-0.15, -0.1) is 0 Å². The van der Waals surface area contributed by atoms with Gasteiger partial charge < -0.3 is 10.2 Å². The van der Waals surface area contributed by atoms with Crippen molar-refractivity contribution in [2.24, 2.45) is 0 Å². The van der Waals surface area contributed by atoms with Gasteiger partial charge in [0.15, 0.2) is 0 Å². The van der Waals surface area contributed by atoms with Crippen LogP contribution in [0.3, 0.4) is 0 Å². The van der Waals surface area contributed by atoms with E-state index in [0.717, 1.165) is 5.56 Å². The van der Waals surface area contributed by atoms with Gasteiger partial charge in [-0.3, -0.25) is 0 Å². The number of aryl methyl sites for hydroxylation is 2. The summed E-state index contributed by atoms with van der Waals surface area (Å²) < 4.78 is 0. The van der Waals surface area contributed by atoms with Crippen LogP contribution in [-0.4, -0.2) is 11.1 Å². The fourth-order valence-electron chi connectivity index (χ4n) is 1.11. The lowest BCUT2D eigenvalue weighted by molar-refractivity contribution is -0.269. The van der Waals surface area contributed by atoms with Crippen LogP contribution in [0.25, 0.3) is 0 Å². The minimum atomic E-state index is -1.16. The van der Waals surface area contributed by atoms with E-state index < -0.39 is 11.7 Å². The van der Waals surface area contributed by atoms with Crippen molar-refractivity contribution in [2.45, 2.75) is 21.3 Å². The van der Waals surface area contributed by atoms with Crippen molar-refractivity contribution in [2.75, 3.05) is 0 Å². The molecule has 1 aromatic rings. The molecule has 0 heterocycles. The van der Waals surface area contributed by atoms with Gasteiger partial charge in [0.05, 0.1) is 5.56 Å². The van der Waals surface area contributed by atoms with Gasteiger partial charge in [0.1, 0.15) is 0 Å². The van der Waals surface area contributed by atoms with Crippen molar-refractivity contribution in [3.63, 3.8) is 0 Å². The van der Waals surface area contributed by atoms with E-state index in [1.807, 2.05) is 0 Å². The maximum atomic E-state index is 11.2. The Morgan fingerprint density at radius 2 is 1.92 bits per heavy atom. The summed E-state index contributed by atoms with van der Waals surface area (Å²) in [4.78, 5) is 10.5. The van der Waals surface area contributed by atoms with Crippen molar-refractivity contribution < 1.29 is 15.0 Å². The summed E-state index contributed by atoms with van der Waals surface area (Å²) >= 11 is 0. The third-order valence-electron chi connectivity index (χ3n) is 1.65. The zero-order chi connectivity index (χ0) is 9.30. The lowest BCUT2D eigenvalue weighted by atomic mass is 10.1. The minimum absolute atomic E-state index is 0. The monoisotopic (exact) mass is 181 g/mol. The molecular formula is C10H13O3-. The molecule has 1 rings (SSSR count). The molecule has 0 fully saturated rings. The molecule has 0 atom stereocenters. The van der Waals surface area contributed by atoms with Gasteiger partial charge in [-0.2, -0.15) is 0 Å². The summed E-state index contributed by atoms with van der Waals surface area (Å²) in [7, 11) is 0. The molecule has 0 saturated heterocycles. The minimum Gasteiger partial charge on any atom is -0.872 e. The predicted octanol–water partition coefficient (Wildman–Crippen LogP) is 1.71. The number of rotatable bonds is 1. The van der Waals surface area contributed by atoms with Crippen LogP contribution in [0.1, 0.15) is 28.9 Å². The zero-order valence-corrected chi connectivity index (χ0v) is 6.92. The second-order valence-electron chi connectivity index (χ2n) is 2.76. The van der Waals surface area contributed by atoms with Gasteiger partial charge in [0.2, 0.25) is 0 Å². The smallest absolute Gasteiger partial charge is 0.335 e. The third-order valence-corrected chi connectivity index (χ3v) is 1.65. The lowest BCUT2D eigenvalue weighted by Gasteiger charge is -2.14. The SMILES string of the molecule is C.Cc1cc(C)c([O-])c(C(=O)O)c1. The van der Waals surface area contributed by atoms with E-state index in [9.17, 15) is 9.90 Å². The van der Waals surface area contributed by atoms with Gasteiger partial charge in [0.25, 0.3) is 0 Å². The summed E-state index contributed by atoms with van der Waals surface area (Å²) in [5, 5.41) is 19.8. The Labute approximate surface area is 77.6 Å². The average Bonchev–Trinajstić information content (AvgIpc) is 1.96. The molecule has 0 amide bonds. The first-order valence-electron chi connectivity index (χ1n) is 3.54. The van der Waals surface area contributed by atoms with Crippen molar-refractivity contribution in [3.05, 3.63) is 28.8 Å². The second-order valence-corrected chi connectivity index (χ2v) is 2.76. The summed E-state index contributed by atoms with van der Waals surface area (Å²) in [6, 6.07) is 3.06. The Bertz CT molecular complexity index is 329. The fraction of sp³-hybridized carbons (Fsp3) is 0.300. The van der Waals surface area contributed by atoms with E-state index in [2.05, 4.69) is 0 Å². The fourth-order valence-corrected chi connectivity index (χ4v) is 1.11. The van der Waals surface area contributed by atoms with E-state index in [1.54, 1.807) is 19.9 Å². The van der Waals surface area contributed by atoms with E-state index in [1.165, 1.54) is 6.07 Å². The Morgan fingerprint density at radius 1 is 1.38 bits per heavy atom. The number of benzene rings is 1. The highest BCUT2D eigenvalue weighted by Gasteiger charge is 2.05. The molecule has 0 saturated carbocycles. The highest BCUT2D eigenvalue weighted by atomic mass is 16.4. The molecular weight excluding hydrogens is 168 g/mol. The predicted molar refractivity (Wildman–Crippen MR) is 49.1 cm³/mol. The standard InChI is InChI=1S/C9H10O3.CH4/c1-5-3-6(2)8(10)7(4-5)9(11)12;/h3-4,10H,1-2H3,(H,11,12);1H4/p-1. The number of aromatic carboxylic acids is 1. The number of carbonyl (C=O) groups is 1. The Kier molecular flexibility index (Phi) is 3.48. The largest absolute Gasteiger partial charge is 0.872 e. The van der Waals surface area contributed by atoms with Crippen LogP contribution < -0.4 is 5.11 Å². The van der Waals surface area contributed by atoms with Crippen molar-refractivity contribution >= 4 is 5.97 Å². The molecule has 0 bridgehead atoms. The zero-order valence-electron chi connectivity index (χ0n) is 6.92. The van der Waals surface area contributed by atoms with Gasteiger partial charge >= 0.3 is 5.97 Å². The maximum absolute atomic E-state index is 11.2. The molecule has 3 heteroatoms. The Hall–Kier alpha value is -1.51. The molecule has 72 valence electrons. The number of hydrogen-bond donors (Lipinski definition) is 1. The quantitative estimate of drug-likeness (QED) is 0.717. The van der Waals surface area contributed by atoms with E-state index in [-0.39, 0.29) is 13.0 Å². The lowest BCUT2D eigenvalue weighted by Crippen LogP contribution is -2.06. The first kappa shape index (κ1) is 11.5. The van der Waals surface area contributed by atoms with Crippen molar-refractivity contribution in [3.8, 4) is 5.75 Å². The highest BCUT2D eigenvalue weighted by molar-refractivity contribution is 5.91. The van der Waals surface area contributed by atoms with Gasteiger partial charge in [-0.25, -0.2) is 4.79 Å². The summed E-state index contributed by atoms with van der Waals surface area (Å²) in [5.41, 5.74) is 1.13. The molecule has 0 aliphatic carbocycles. The van der Waals surface area contributed by atoms with Crippen molar-refractivity contribution in [1.82, 2.24) is 0 Å². The van der Waals surface area contributed by atoms with E-state index in [0.29, 0.717) is 5.56 Å². The summed E-state index contributed by atoms with van der Waals surface area (Å²) in [5.74, 6) is -1.56. The van der Waals surface area contributed by atoms with Gasteiger partial charge in [-0.1, -0.05) is 30.4 Å². The number of carboxylic acid groups (broad SMARTS) is 1. The number of carboxylic acids is 1. The molecule has 0 aliphatic heterocycles. The van der Waals surface area contributed by atoms with Gasteiger partial charge in [-0.05, 0) is 19.9 Å². The first-order chi connectivity index (χ1) is 5.52. The van der Waals surface area contributed by atoms with E-state index >= 15 is 0 Å². The van der Waals surface area contributed by atoms with Crippen LogP contribution in [0.5, 0.6) is 5.75 Å². The second kappa shape index (κ2) is 3.94. The molecule has 13 heavy (non-hydrogen) atoms. The molecule has 1 N–H and O–H groups in total. The van der Waals surface area contributed by atoms with Crippen LogP contribution in [0.15, 0.2) is 12.1 Å². The Morgan fingerprint density at radius 3 is 2.38 bits per heavy atom. The molecule has 0 aliphatic rings. The third kappa shape index (κ3) is 2.21. The molecule has 0 unspecified atom stereocenters. The van der Waals surface area contributed by atoms with E-state index in [4.69, 9.17) is 5.11 Å². The summed E-state index contributed by atoms with van der Waals surface area (Å²) in [6.07, 6.45) is 0. The normalized spacial score (nSPS) is 9.08. The molecule has 0 radical (unpaired) electrons. The van der Waals surface area contributed by atoms with Crippen LogP contribution in [0, 0.1) is 13.8 Å². The first-order valence-corrected chi connectivity index (χ1v) is 3.54. The van der Waals surface area contributed by atoms with Crippen molar-refractivity contribution in [1.29, 1.82) is 0 Å². The highest BCUT2D eigenvalue weighted by Crippen LogP contribution is 2.20. The van der Waals surface area contributed by atoms with Crippen LogP contribution in [0.4, 0.5) is 0 Å². The van der Waals surface area contributed by atoms with Crippen LogP contribution >= 0.6 is 0 Å². The summed E-state index contributed by atoms with van der Waals surface area (Å²) in [6.45, 7) is 3.38. The topological polar surface area (TPSA) is 60.4 Å². The Balaban J connectivity index is 0.00000144. The van der Waals surface area contributed by atoms with Crippen LogP contribution in [0.2, 0.25) is 0 Å². The van der Waals surface area contributed by atoms with Crippen LogP contribution in [-0.2, 0) is 0 Å². The molecule has 0 aromatic heterocycles. The van der Waals surface area contributed by atoms with Gasteiger partial charge in [0, 0.05) is 0 Å². The number of hydrogen-bond acceptors (Lipinski definition) is 2. The molecule has 0 spiro atoms. The maximum Gasteiger partial charge on any atom is 0.335 e. The molecule has 3 nitrogen and oxygen atoms in total. The average molecular weight is 181 g/mol. The molecule has 1 aromatic carbocycles.